The smallest absolute Gasteiger partial charge is 0.135 e. The molecule has 0 N–H and O–H groups in total. The van der Waals surface area contributed by atoms with Gasteiger partial charge in [0.1, 0.15) is 11.2 Å². The van der Waals surface area contributed by atoms with Crippen LogP contribution in [0, 0.1) is 0 Å². The lowest BCUT2D eigenvalue weighted by molar-refractivity contribution is 0.669. The molecule has 2 aromatic heterocycles. The Morgan fingerprint density at radius 1 is 0.315 bits per heavy atom. The molecule has 4 heteroatoms. The zero-order valence-corrected chi connectivity index (χ0v) is 30.0. The zero-order valence-electron chi connectivity index (χ0n) is 29.2. The summed E-state index contributed by atoms with van der Waals surface area (Å²) in [5.74, 6) is 0. The first-order valence-electron chi connectivity index (χ1n) is 18.3. The van der Waals surface area contributed by atoms with E-state index in [1.54, 1.807) is 0 Å². The fourth-order valence-corrected chi connectivity index (χ4v) is 9.27. The summed E-state index contributed by atoms with van der Waals surface area (Å²) in [7, 11) is 0. The third kappa shape index (κ3) is 4.96. The van der Waals surface area contributed by atoms with E-state index in [9.17, 15) is 0 Å². The fourth-order valence-electron chi connectivity index (χ4n) is 8.13. The maximum atomic E-state index is 6.27. The average Bonchev–Trinajstić information content (AvgIpc) is 3.80. The van der Waals surface area contributed by atoms with Crippen LogP contribution in [0.5, 0.6) is 0 Å². The first-order valence-corrected chi connectivity index (χ1v) is 19.1. The van der Waals surface area contributed by atoms with Gasteiger partial charge in [0.25, 0.3) is 0 Å². The maximum Gasteiger partial charge on any atom is 0.135 e. The Labute approximate surface area is 316 Å². The monoisotopic (exact) mass is 708 g/mol. The molecule has 54 heavy (non-hydrogen) atoms. The zero-order chi connectivity index (χ0) is 35.6. The summed E-state index contributed by atoms with van der Waals surface area (Å²) in [5.41, 5.74) is 8.36. The molecule has 0 aliphatic carbocycles. The average molecular weight is 709 g/mol. The van der Waals surface area contributed by atoms with E-state index in [4.69, 9.17) is 4.42 Å². The van der Waals surface area contributed by atoms with E-state index >= 15 is 0 Å². The second-order valence-electron chi connectivity index (χ2n) is 13.7. The number of para-hydroxylation sites is 3. The van der Waals surface area contributed by atoms with Crippen LogP contribution in [0.1, 0.15) is 0 Å². The van der Waals surface area contributed by atoms with E-state index in [2.05, 4.69) is 192 Å². The summed E-state index contributed by atoms with van der Waals surface area (Å²) in [5, 5.41) is 9.60. The number of hydrogen-bond donors (Lipinski definition) is 0. The van der Waals surface area contributed by atoms with Gasteiger partial charge in [0, 0.05) is 64.8 Å². The number of hydrogen-bond acceptors (Lipinski definition) is 4. The molecule has 0 fully saturated rings. The van der Waals surface area contributed by atoms with Gasteiger partial charge in [-0.15, -0.1) is 11.3 Å². The van der Waals surface area contributed by atoms with Crippen molar-refractivity contribution in [1.29, 1.82) is 0 Å². The Balaban J connectivity index is 1.17. The van der Waals surface area contributed by atoms with Gasteiger partial charge in [0.15, 0.2) is 0 Å². The van der Waals surface area contributed by atoms with Crippen molar-refractivity contribution in [3.63, 3.8) is 0 Å². The van der Waals surface area contributed by atoms with Crippen molar-refractivity contribution >= 4 is 109 Å². The van der Waals surface area contributed by atoms with E-state index in [0.29, 0.717) is 0 Å². The van der Waals surface area contributed by atoms with Crippen LogP contribution in [0.15, 0.2) is 199 Å². The third-order valence-electron chi connectivity index (χ3n) is 10.6. The normalized spacial score (nSPS) is 11.7. The number of rotatable bonds is 6. The molecule has 0 saturated carbocycles. The Bertz CT molecular complexity index is 3180. The molecule has 11 rings (SSSR count). The first-order chi connectivity index (χ1) is 26.8. The second-order valence-corrected chi connectivity index (χ2v) is 14.8. The summed E-state index contributed by atoms with van der Waals surface area (Å²) < 4.78 is 8.86. The van der Waals surface area contributed by atoms with Crippen molar-refractivity contribution in [2.45, 2.75) is 0 Å². The van der Waals surface area contributed by atoms with Crippen LogP contribution in [0.3, 0.4) is 0 Å². The van der Waals surface area contributed by atoms with Crippen molar-refractivity contribution in [2.75, 3.05) is 9.80 Å². The van der Waals surface area contributed by atoms with Gasteiger partial charge in [0.2, 0.25) is 0 Å². The number of thiophene rings is 1. The van der Waals surface area contributed by atoms with Crippen LogP contribution in [0.4, 0.5) is 34.1 Å². The Hall–Kier alpha value is -6.88. The number of benzene rings is 9. The molecule has 0 amide bonds. The Morgan fingerprint density at radius 3 is 1.69 bits per heavy atom. The van der Waals surface area contributed by atoms with Gasteiger partial charge in [-0.05, 0) is 101 Å². The molecular formula is C50H32N2OS. The lowest BCUT2D eigenvalue weighted by atomic mass is 9.97. The van der Waals surface area contributed by atoms with Gasteiger partial charge in [-0.2, -0.15) is 0 Å². The highest BCUT2D eigenvalue weighted by molar-refractivity contribution is 7.25. The Kier molecular flexibility index (Phi) is 7.04. The summed E-state index contributed by atoms with van der Waals surface area (Å²) in [6, 6.07) is 69.9. The molecular weight excluding hydrogens is 677 g/mol. The molecule has 3 nitrogen and oxygen atoms in total. The van der Waals surface area contributed by atoms with Gasteiger partial charge < -0.3 is 14.2 Å². The highest BCUT2D eigenvalue weighted by Crippen LogP contribution is 2.46. The molecule has 0 unspecified atom stereocenters. The predicted octanol–water partition coefficient (Wildman–Crippen LogP) is 15.2. The third-order valence-corrected chi connectivity index (χ3v) is 11.7. The van der Waals surface area contributed by atoms with Crippen LogP contribution in [-0.4, -0.2) is 0 Å². The maximum absolute atomic E-state index is 6.27. The van der Waals surface area contributed by atoms with E-state index < -0.39 is 0 Å². The van der Waals surface area contributed by atoms with Crippen LogP contribution < -0.4 is 9.80 Å². The SMILES string of the molecule is c1ccc(N(c2ccc3c(c2)sc2ccccc23)c2ccc3c(c2)c(N(c2ccccc2)c2ccc4oc5ccccc5c4c2)cc2ccccc23)cc1. The Morgan fingerprint density at radius 2 is 0.870 bits per heavy atom. The quantitative estimate of drug-likeness (QED) is 0.160. The molecule has 0 aliphatic rings. The van der Waals surface area contributed by atoms with Crippen LogP contribution in [0.2, 0.25) is 0 Å². The number of fused-ring (bicyclic) bond motifs is 9. The van der Waals surface area contributed by atoms with Gasteiger partial charge in [0.05, 0.1) is 5.69 Å². The van der Waals surface area contributed by atoms with E-state index in [0.717, 1.165) is 61.4 Å². The molecule has 0 spiro atoms. The standard InChI is InChI=1S/C50H32N2OS/c1-3-14-34(15-4-1)51(38-24-27-43-42-20-10-12-22-49(42)54-50(43)32-38)36-23-26-40-39-18-8-7-13-33(39)29-46(44(40)30-36)52(35-16-5-2-6-17-35)37-25-28-48-45(31-37)41-19-9-11-21-47(41)53-48/h1-32H. The van der Waals surface area contributed by atoms with Crippen LogP contribution in [0.25, 0.3) is 63.7 Å². The fraction of sp³-hybridized carbons (Fsp3) is 0. The largest absolute Gasteiger partial charge is 0.456 e. The summed E-state index contributed by atoms with van der Waals surface area (Å²) in [4.78, 5) is 4.79. The summed E-state index contributed by atoms with van der Waals surface area (Å²) in [6.45, 7) is 0. The van der Waals surface area contributed by atoms with Gasteiger partial charge in [-0.3, -0.25) is 0 Å². The first kappa shape index (κ1) is 30.7. The number of anilines is 6. The van der Waals surface area contributed by atoms with Crippen LogP contribution in [-0.2, 0) is 0 Å². The molecule has 11 aromatic rings. The van der Waals surface area contributed by atoms with Gasteiger partial charge in [-0.25, -0.2) is 0 Å². The van der Waals surface area contributed by atoms with Crippen LogP contribution >= 0.6 is 11.3 Å². The highest BCUT2D eigenvalue weighted by atomic mass is 32.1. The topological polar surface area (TPSA) is 19.6 Å². The van der Waals surface area contributed by atoms with Gasteiger partial charge in [-0.1, -0.05) is 109 Å². The van der Waals surface area contributed by atoms with E-state index in [1.807, 2.05) is 23.5 Å². The molecule has 0 atom stereocenters. The predicted molar refractivity (Wildman–Crippen MR) is 231 cm³/mol. The lowest BCUT2D eigenvalue weighted by Gasteiger charge is -2.29. The second kappa shape index (κ2) is 12.4. The molecule has 0 radical (unpaired) electrons. The summed E-state index contributed by atoms with van der Waals surface area (Å²) >= 11 is 1.85. The molecule has 2 heterocycles. The van der Waals surface area contributed by atoms with Crippen molar-refractivity contribution in [3.05, 3.63) is 194 Å². The summed E-state index contributed by atoms with van der Waals surface area (Å²) in [6.07, 6.45) is 0. The van der Waals surface area contributed by atoms with Crippen molar-refractivity contribution in [3.8, 4) is 0 Å². The highest BCUT2D eigenvalue weighted by Gasteiger charge is 2.21. The number of furan rings is 1. The lowest BCUT2D eigenvalue weighted by Crippen LogP contribution is -2.12. The molecule has 9 aromatic carbocycles. The molecule has 0 aliphatic heterocycles. The minimum absolute atomic E-state index is 0.882. The van der Waals surface area contributed by atoms with Crippen molar-refractivity contribution < 1.29 is 4.42 Å². The molecule has 0 bridgehead atoms. The van der Waals surface area contributed by atoms with Crippen molar-refractivity contribution in [2.24, 2.45) is 0 Å². The minimum Gasteiger partial charge on any atom is -0.456 e. The molecule has 0 saturated heterocycles. The van der Waals surface area contributed by atoms with E-state index in [1.165, 1.54) is 36.3 Å². The minimum atomic E-state index is 0.882. The van der Waals surface area contributed by atoms with Crippen molar-refractivity contribution in [1.82, 2.24) is 0 Å². The van der Waals surface area contributed by atoms with E-state index in [-0.39, 0.29) is 0 Å². The number of nitrogens with zero attached hydrogens (tertiary/aromatic N) is 2. The van der Waals surface area contributed by atoms with Gasteiger partial charge >= 0.3 is 0 Å². The molecule has 254 valence electrons.